The van der Waals surface area contributed by atoms with Crippen LogP contribution in [-0.2, 0) is 6.42 Å². The van der Waals surface area contributed by atoms with E-state index < -0.39 is 0 Å². The second-order valence-electron chi connectivity index (χ2n) is 5.37. The molecule has 6 heteroatoms. The predicted molar refractivity (Wildman–Crippen MR) is 98.1 cm³/mol. The minimum Gasteiger partial charge on any atom is -0.368 e. The van der Waals surface area contributed by atoms with Gasteiger partial charge in [0.15, 0.2) is 0 Å². The second kappa shape index (κ2) is 7.69. The highest BCUT2D eigenvalue weighted by Crippen LogP contribution is 2.36. The Labute approximate surface area is 147 Å². The van der Waals surface area contributed by atoms with Crippen molar-refractivity contribution in [3.05, 3.63) is 33.9 Å². The number of anilines is 1. The summed E-state index contributed by atoms with van der Waals surface area (Å²) in [4.78, 5) is 7.10. The molecule has 0 spiro atoms. The van der Waals surface area contributed by atoms with Crippen molar-refractivity contribution >= 4 is 52.2 Å². The predicted octanol–water partition coefficient (Wildman–Crippen LogP) is 4.33. The van der Waals surface area contributed by atoms with E-state index in [0.717, 1.165) is 66.3 Å². The molecule has 0 unspecified atom stereocenters. The Kier molecular flexibility index (Phi) is 6.16. The van der Waals surface area contributed by atoms with Gasteiger partial charge in [0.1, 0.15) is 0 Å². The van der Waals surface area contributed by atoms with Crippen molar-refractivity contribution in [3.8, 4) is 0 Å². The summed E-state index contributed by atoms with van der Waals surface area (Å²) in [5.74, 6) is 0. The van der Waals surface area contributed by atoms with Crippen molar-refractivity contribution in [1.29, 1.82) is 0 Å². The molecule has 0 radical (unpaired) electrons. The normalized spacial score (nSPS) is 15.0. The van der Waals surface area contributed by atoms with Crippen LogP contribution in [0.5, 0.6) is 0 Å². The fraction of sp³-hybridized carbons (Fsp3) is 0.438. The molecule has 1 N–H and O–H groups in total. The van der Waals surface area contributed by atoms with Gasteiger partial charge in [-0.15, -0.1) is 12.4 Å². The number of piperazine rings is 1. The number of aryl methyl sites for hydroxylation is 1. The second-order valence-corrected chi connectivity index (χ2v) is 6.19. The smallest absolute Gasteiger partial charge is 0.0927 e. The van der Waals surface area contributed by atoms with Crippen molar-refractivity contribution in [2.24, 2.45) is 0 Å². The first kappa shape index (κ1) is 17.6. The van der Waals surface area contributed by atoms with Gasteiger partial charge in [0.2, 0.25) is 0 Å². The number of nitrogens with one attached hydrogen (secondary N) is 1. The van der Waals surface area contributed by atoms with Gasteiger partial charge in [-0.25, -0.2) is 0 Å². The molecule has 2 aromatic rings. The number of aromatic nitrogens is 1. The van der Waals surface area contributed by atoms with Crippen LogP contribution in [0.4, 0.5) is 5.69 Å². The standard InChI is InChI=1S/C16H19Cl2N3.ClH/c1-2-3-11-10-14(21-8-6-19-7-9-21)15-12(17)4-5-13(18)16(15)20-11;/h4-5,10,19H,2-3,6-9H2,1H3;1H. The van der Waals surface area contributed by atoms with Crippen LogP contribution in [0.3, 0.4) is 0 Å². The number of hydrogen-bond donors (Lipinski definition) is 1. The molecular weight excluding hydrogens is 341 g/mol. The lowest BCUT2D eigenvalue weighted by Crippen LogP contribution is -2.43. The minimum absolute atomic E-state index is 0. The SMILES string of the molecule is CCCc1cc(N2CCNCC2)c2c(Cl)ccc(Cl)c2n1.Cl. The lowest BCUT2D eigenvalue weighted by Gasteiger charge is -2.31. The number of rotatable bonds is 3. The first-order valence-electron chi connectivity index (χ1n) is 7.44. The lowest BCUT2D eigenvalue weighted by molar-refractivity contribution is 0.590. The average molecular weight is 361 g/mol. The van der Waals surface area contributed by atoms with Gasteiger partial charge in [-0.1, -0.05) is 36.5 Å². The maximum absolute atomic E-state index is 6.44. The van der Waals surface area contributed by atoms with E-state index in [4.69, 9.17) is 28.2 Å². The van der Waals surface area contributed by atoms with Crippen LogP contribution < -0.4 is 10.2 Å². The van der Waals surface area contributed by atoms with E-state index in [2.05, 4.69) is 23.2 Å². The molecule has 1 aromatic heterocycles. The number of nitrogens with zero attached hydrogens (tertiary/aromatic N) is 2. The average Bonchev–Trinajstić information content (AvgIpc) is 2.51. The van der Waals surface area contributed by atoms with Gasteiger partial charge in [-0.05, 0) is 24.6 Å². The molecule has 3 rings (SSSR count). The van der Waals surface area contributed by atoms with E-state index in [1.54, 1.807) is 0 Å². The van der Waals surface area contributed by atoms with Gasteiger partial charge in [-0.2, -0.15) is 0 Å². The zero-order valence-corrected chi connectivity index (χ0v) is 14.9. The summed E-state index contributed by atoms with van der Waals surface area (Å²) in [6.07, 6.45) is 2.02. The molecule has 1 aliphatic rings. The number of fused-ring (bicyclic) bond motifs is 1. The summed E-state index contributed by atoms with van der Waals surface area (Å²) in [5.41, 5.74) is 3.07. The fourth-order valence-corrected chi connectivity index (χ4v) is 3.29. The van der Waals surface area contributed by atoms with E-state index in [0.29, 0.717) is 5.02 Å². The zero-order valence-electron chi connectivity index (χ0n) is 12.5. The molecule has 0 aliphatic carbocycles. The summed E-state index contributed by atoms with van der Waals surface area (Å²) in [6.45, 7) is 6.10. The van der Waals surface area contributed by atoms with Gasteiger partial charge in [0.25, 0.3) is 0 Å². The van der Waals surface area contributed by atoms with E-state index in [9.17, 15) is 0 Å². The topological polar surface area (TPSA) is 28.2 Å². The van der Waals surface area contributed by atoms with Crippen LogP contribution in [0.25, 0.3) is 10.9 Å². The molecule has 0 atom stereocenters. The van der Waals surface area contributed by atoms with Crippen LogP contribution in [0, 0.1) is 0 Å². The number of benzene rings is 1. The molecule has 3 nitrogen and oxygen atoms in total. The molecule has 0 bridgehead atoms. The molecular formula is C16H20Cl3N3. The number of halogens is 3. The maximum Gasteiger partial charge on any atom is 0.0927 e. The molecule has 22 heavy (non-hydrogen) atoms. The molecule has 0 saturated carbocycles. The highest BCUT2D eigenvalue weighted by Gasteiger charge is 2.18. The Balaban J connectivity index is 0.00000176. The van der Waals surface area contributed by atoms with Crippen molar-refractivity contribution < 1.29 is 0 Å². The highest BCUT2D eigenvalue weighted by molar-refractivity contribution is 6.40. The number of hydrogen-bond acceptors (Lipinski definition) is 3. The van der Waals surface area contributed by atoms with Gasteiger partial charge in [-0.3, -0.25) is 4.98 Å². The lowest BCUT2D eigenvalue weighted by atomic mass is 10.1. The highest BCUT2D eigenvalue weighted by atomic mass is 35.5. The van der Waals surface area contributed by atoms with Gasteiger partial charge in [0, 0.05) is 42.9 Å². The summed E-state index contributed by atoms with van der Waals surface area (Å²) >= 11 is 12.8. The van der Waals surface area contributed by atoms with Crippen molar-refractivity contribution in [2.75, 3.05) is 31.1 Å². The monoisotopic (exact) mass is 359 g/mol. The summed E-state index contributed by atoms with van der Waals surface area (Å²) in [7, 11) is 0. The van der Waals surface area contributed by atoms with Gasteiger partial charge >= 0.3 is 0 Å². The molecule has 0 amide bonds. The van der Waals surface area contributed by atoms with Crippen molar-refractivity contribution in [2.45, 2.75) is 19.8 Å². The van der Waals surface area contributed by atoms with Crippen LogP contribution in [0.2, 0.25) is 10.0 Å². The largest absolute Gasteiger partial charge is 0.368 e. The summed E-state index contributed by atoms with van der Waals surface area (Å²) in [5, 5.41) is 5.75. The van der Waals surface area contributed by atoms with Crippen LogP contribution in [0.1, 0.15) is 19.0 Å². The number of pyridine rings is 1. The first-order chi connectivity index (χ1) is 10.2. The fourth-order valence-electron chi connectivity index (χ4n) is 2.84. The van der Waals surface area contributed by atoms with Crippen molar-refractivity contribution in [3.63, 3.8) is 0 Å². The Bertz CT molecular complexity index is 655. The van der Waals surface area contributed by atoms with Crippen LogP contribution in [-0.4, -0.2) is 31.2 Å². The molecule has 2 heterocycles. The molecule has 1 aliphatic heterocycles. The van der Waals surface area contributed by atoms with Crippen molar-refractivity contribution in [1.82, 2.24) is 10.3 Å². The Hall–Kier alpha value is -0.740. The molecule has 1 fully saturated rings. The van der Waals surface area contributed by atoms with E-state index >= 15 is 0 Å². The molecule has 1 aromatic carbocycles. The Morgan fingerprint density at radius 1 is 1.18 bits per heavy atom. The van der Waals surface area contributed by atoms with E-state index in [-0.39, 0.29) is 12.4 Å². The van der Waals surface area contributed by atoms with Crippen LogP contribution in [0.15, 0.2) is 18.2 Å². The third-order valence-corrected chi connectivity index (χ3v) is 4.48. The molecule has 1 saturated heterocycles. The Morgan fingerprint density at radius 3 is 2.55 bits per heavy atom. The third kappa shape index (κ3) is 3.43. The Morgan fingerprint density at radius 2 is 1.86 bits per heavy atom. The van der Waals surface area contributed by atoms with E-state index in [1.807, 2.05) is 12.1 Å². The van der Waals surface area contributed by atoms with Gasteiger partial charge in [0.05, 0.1) is 15.6 Å². The zero-order chi connectivity index (χ0) is 14.8. The van der Waals surface area contributed by atoms with Gasteiger partial charge < -0.3 is 10.2 Å². The summed E-state index contributed by atoms with van der Waals surface area (Å²) < 4.78 is 0. The van der Waals surface area contributed by atoms with Crippen LogP contribution >= 0.6 is 35.6 Å². The quantitative estimate of drug-likeness (QED) is 0.883. The maximum atomic E-state index is 6.44. The summed E-state index contributed by atoms with van der Waals surface area (Å²) in [6, 6.07) is 5.87. The molecule has 120 valence electrons. The third-order valence-electron chi connectivity index (χ3n) is 3.86. The first-order valence-corrected chi connectivity index (χ1v) is 8.19. The van der Waals surface area contributed by atoms with E-state index in [1.165, 1.54) is 0 Å². The minimum atomic E-state index is 0.